The van der Waals surface area contributed by atoms with Crippen LogP contribution in [0.4, 0.5) is 5.69 Å². The van der Waals surface area contributed by atoms with Crippen LogP contribution in [0.5, 0.6) is 0 Å². The van der Waals surface area contributed by atoms with Gasteiger partial charge in [-0.3, -0.25) is 0 Å². The Morgan fingerprint density at radius 1 is 1.62 bits per heavy atom. The summed E-state index contributed by atoms with van der Waals surface area (Å²) < 4.78 is 0. The van der Waals surface area contributed by atoms with Crippen molar-refractivity contribution in [2.24, 2.45) is 0 Å². The summed E-state index contributed by atoms with van der Waals surface area (Å²) in [6.45, 7) is 0. The van der Waals surface area contributed by atoms with E-state index in [4.69, 9.17) is 5.73 Å². The number of aromatic nitrogens is 2. The number of nitrogens with two attached hydrogens (primary N) is 1. The average Bonchev–Trinajstić information content (AvgIpc) is 2.45. The Morgan fingerprint density at radius 3 is 3.00 bits per heavy atom. The molecule has 0 bridgehead atoms. The molecule has 0 spiro atoms. The van der Waals surface area contributed by atoms with E-state index in [0.29, 0.717) is 10.2 Å². The van der Waals surface area contributed by atoms with Crippen molar-refractivity contribution in [3.8, 4) is 0 Å². The van der Waals surface area contributed by atoms with Crippen molar-refractivity contribution in [3.05, 3.63) is 17.4 Å². The third kappa shape index (κ3) is 1.11. The van der Waals surface area contributed by atoms with Gasteiger partial charge in [0.1, 0.15) is 11.2 Å². The topological polar surface area (TPSA) is 91.9 Å². The van der Waals surface area contributed by atoms with Gasteiger partial charge in [-0.05, 0) is 0 Å². The number of thiophene rings is 1. The smallest absolute Gasteiger partial charge is 0.129 e. The van der Waals surface area contributed by atoms with Gasteiger partial charge in [0.25, 0.3) is 0 Å². The van der Waals surface area contributed by atoms with Crippen LogP contribution < -0.4 is 10.8 Å². The number of hydrogen-bond acceptors (Lipinski definition) is 6. The molecule has 0 saturated heterocycles. The number of carboxylic acid groups (broad SMARTS) is 1. The van der Waals surface area contributed by atoms with Gasteiger partial charge in [0, 0.05) is 6.20 Å². The molecule has 0 aromatic carbocycles. The van der Waals surface area contributed by atoms with E-state index < -0.39 is 5.97 Å². The Kier molecular flexibility index (Phi) is 1.63. The van der Waals surface area contributed by atoms with Crippen LogP contribution in [-0.4, -0.2) is 15.9 Å². The summed E-state index contributed by atoms with van der Waals surface area (Å²) in [5.74, 6) is -1.28. The molecule has 0 atom stereocenters. The number of hydrogen-bond donors (Lipinski definition) is 1. The lowest BCUT2D eigenvalue weighted by atomic mass is 10.3. The van der Waals surface area contributed by atoms with Gasteiger partial charge >= 0.3 is 0 Å². The summed E-state index contributed by atoms with van der Waals surface area (Å²) in [5.41, 5.74) is 5.73. The lowest BCUT2D eigenvalue weighted by Crippen LogP contribution is -2.21. The van der Waals surface area contributed by atoms with Crippen LogP contribution in [0.25, 0.3) is 10.2 Å². The zero-order valence-corrected chi connectivity index (χ0v) is 7.17. The zero-order chi connectivity index (χ0) is 9.42. The highest BCUT2D eigenvalue weighted by Crippen LogP contribution is 2.30. The van der Waals surface area contributed by atoms with Gasteiger partial charge in [-0.15, -0.1) is 11.3 Å². The highest BCUT2D eigenvalue weighted by molar-refractivity contribution is 7.21. The molecule has 0 aliphatic heterocycles. The van der Waals surface area contributed by atoms with E-state index in [1.807, 2.05) is 0 Å². The van der Waals surface area contributed by atoms with Crippen LogP contribution in [0.1, 0.15) is 9.67 Å². The lowest BCUT2D eigenvalue weighted by molar-refractivity contribution is -0.254. The molecule has 0 aliphatic rings. The average molecular weight is 194 g/mol. The summed E-state index contributed by atoms with van der Waals surface area (Å²) in [6, 6.07) is 0. The standard InChI is InChI=1S/C7H5N3O2S/c8-4-3-1-9-2-10-6(3)13-5(4)7(11)12/h1-2H,8H2,(H,11,12)/p-1. The van der Waals surface area contributed by atoms with Gasteiger partial charge in [-0.1, -0.05) is 0 Å². The van der Waals surface area contributed by atoms with Gasteiger partial charge in [-0.25, -0.2) is 9.97 Å². The fourth-order valence-electron chi connectivity index (χ4n) is 1.01. The minimum atomic E-state index is -1.28. The summed E-state index contributed by atoms with van der Waals surface area (Å²) >= 11 is 0.994. The van der Waals surface area contributed by atoms with Crippen molar-refractivity contribution in [1.82, 2.24) is 9.97 Å². The van der Waals surface area contributed by atoms with Crippen LogP contribution in [0.3, 0.4) is 0 Å². The first-order valence-electron chi connectivity index (χ1n) is 3.39. The lowest BCUT2D eigenvalue weighted by Gasteiger charge is -1.97. The van der Waals surface area contributed by atoms with Gasteiger partial charge in [0.15, 0.2) is 0 Å². The van der Waals surface area contributed by atoms with Crippen LogP contribution >= 0.6 is 11.3 Å². The number of fused-ring (bicyclic) bond motifs is 1. The number of carbonyl (C=O) groups is 1. The maximum atomic E-state index is 10.6. The second-order valence-electron chi connectivity index (χ2n) is 2.37. The molecule has 0 amide bonds. The van der Waals surface area contributed by atoms with Gasteiger partial charge < -0.3 is 15.6 Å². The first kappa shape index (κ1) is 7.93. The van der Waals surface area contributed by atoms with Gasteiger partial charge in [0.05, 0.1) is 21.9 Å². The molecule has 2 heterocycles. The number of carbonyl (C=O) groups excluding carboxylic acids is 1. The number of nitrogen functional groups attached to an aromatic ring is 1. The SMILES string of the molecule is Nc1c(C(=O)[O-])sc2ncncc12. The van der Waals surface area contributed by atoms with E-state index in [9.17, 15) is 9.90 Å². The quantitative estimate of drug-likeness (QED) is 0.669. The van der Waals surface area contributed by atoms with Crippen molar-refractivity contribution in [2.45, 2.75) is 0 Å². The van der Waals surface area contributed by atoms with Crippen LogP contribution in [0.2, 0.25) is 0 Å². The second kappa shape index (κ2) is 2.67. The number of rotatable bonds is 1. The Balaban J connectivity index is 2.81. The third-order valence-electron chi connectivity index (χ3n) is 1.59. The van der Waals surface area contributed by atoms with Crippen LogP contribution in [0, 0.1) is 0 Å². The Labute approximate surface area is 76.9 Å². The monoisotopic (exact) mass is 194 g/mol. The molecule has 0 fully saturated rings. The Morgan fingerprint density at radius 2 is 2.38 bits per heavy atom. The predicted molar refractivity (Wildman–Crippen MR) is 46.2 cm³/mol. The summed E-state index contributed by atoms with van der Waals surface area (Å²) in [6.07, 6.45) is 2.83. The van der Waals surface area contributed by atoms with E-state index in [1.54, 1.807) is 0 Å². The summed E-state index contributed by atoms with van der Waals surface area (Å²) in [7, 11) is 0. The largest absolute Gasteiger partial charge is 0.544 e. The van der Waals surface area contributed by atoms with Crippen molar-refractivity contribution in [1.29, 1.82) is 0 Å². The maximum Gasteiger partial charge on any atom is 0.129 e. The maximum absolute atomic E-state index is 10.6. The van der Waals surface area contributed by atoms with Gasteiger partial charge in [-0.2, -0.15) is 0 Å². The Hall–Kier alpha value is -1.69. The molecule has 5 nitrogen and oxygen atoms in total. The van der Waals surface area contributed by atoms with E-state index in [0.717, 1.165) is 11.3 Å². The molecule has 0 saturated carbocycles. The zero-order valence-electron chi connectivity index (χ0n) is 6.35. The highest BCUT2D eigenvalue weighted by Gasteiger charge is 2.10. The first-order valence-corrected chi connectivity index (χ1v) is 4.21. The van der Waals surface area contributed by atoms with Crippen molar-refractivity contribution in [3.63, 3.8) is 0 Å². The summed E-state index contributed by atoms with van der Waals surface area (Å²) in [5, 5.41) is 11.1. The predicted octanol–water partition coefficient (Wildman–Crippen LogP) is -0.363. The molecule has 0 radical (unpaired) electrons. The minimum absolute atomic E-state index is 0.00972. The second-order valence-corrected chi connectivity index (χ2v) is 3.37. The van der Waals surface area contributed by atoms with E-state index >= 15 is 0 Å². The molecule has 2 aromatic heterocycles. The van der Waals surface area contributed by atoms with Crippen LogP contribution in [0.15, 0.2) is 12.5 Å². The summed E-state index contributed by atoms with van der Waals surface area (Å²) in [4.78, 5) is 18.8. The highest BCUT2D eigenvalue weighted by atomic mass is 32.1. The van der Waals surface area contributed by atoms with Crippen molar-refractivity contribution >= 4 is 33.2 Å². The van der Waals surface area contributed by atoms with Crippen molar-refractivity contribution < 1.29 is 9.90 Å². The third-order valence-corrected chi connectivity index (χ3v) is 2.70. The van der Waals surface area contributed by atoms with E-state index in [2.05, 4.69) is 9.97 Å². The molecule has 2 aromatic rings. The number of carboxylic acids is 1. The number of nitrogens with zero attached hydrogens (tertiary/aromatic N) is 2. The molecule has 0 unspecified atom stereocenters. The molecule has 2 rings (SSSR count). The number of aromatic carboxylic acids is 1. The number of anilines is 1. The minimum Gasteiger partial charge on any atom is -0.544 e. The normalized spacial score (nSPS) is 10.5. The fraction of sp³-hybridized carbons (Fsp3) is 0. The molecule has 0 aliphatic carbocycles. The van der Waals surface area contributed by atoms with Crippen LogP contribution in [-0.2, 0) is 0 Å². The molecular formula is C7H4N3O2S-. The molecule has 13 heavy (non-hydrogen) atoms. The fourth-order valence-corrected chi connectivity index (χ4v) is 1.88. The Bertz CT molecular complexity index is 480. The van der Waals surface area contributed by atoms with Gasteiger partial charge in [0.2, 0.25) is 0 Å². The molecular weight excluding hydrogens is 190 g/mol. The van der Waals surface area contributed by atoms with E-state index in [1.165, 1.54) is 12.5 Å². The molecule has 6 heteroatoms. The van der Waals surface area contributed by atoms with E-state index in [-0.39, 0.29) is 10.6 Å². The molecule has 2 N–H and O–H groups in total. The van der Waals surface area contributed by atoms with Crippen molar-refractivity contribution in [2.75, 3.05) is 5.73 Å². The first-order chi connectivity index (χ1) is 6.20. The molecule has 66 valence electrons.